The van der Waals surface area contributed by atoms with E-state index in [0.29, 0.717) is 32.7 Å². The van der Waals surface area contributed by atoms with Crippen molar-refractivity contribution in [2.75, 3.05) is 33.4 Å². The van der Waals surface area contributed by atoms with Gasteiger partial charge in [-0.2, -0.15) is 0 Å². The summed E-state index contributed by atoms with van der Waals surface area (Å²) in [6.45, 7) is 2.20. The Labute approximate surface area is 134 Å². The largest absolute Gasteiger partial charge is 0.383 e. The average Bonchev–Trinajstić information content (AvgIpc) is 2.79. The summed E-state index contributed by atoms with van der Waals surface area (Å²) in [5.41, 5.74) is -0.171. The van der Waals surface area contributed by atoms with Crippen molar-refractivity contribution in [3.63, 3.8) is 0 Å². The van der Waals surface area contributed by atoms with Crippen molar-refractivity contribution in [1.82, 2.24) is 9.80 Å². The fraction of sp³-hybridized carbons (Fsp3) is 0.875. The van der Waals surface area contributed by atoms with E-state index < -0.39 is 11.8 Å². The number of carbonyl (C=O) groups excluding carboxylic acids is 2. The van der Waals surface area contributed by atoms with Crippen LogP contribution in [0.1, 0.15) is 38.5 Å². The van der Waals surface area contributed by atoms with Crippen LogP contribution in [0.4, 0.5) is 8.78 Å². The molecule has 1 spiro atoms. The Bertz CT molecular complexity index is 482. The Kier molecular flexibility index (Phi) is 4.33. The molecular formula is C16H24F2N2O3. The average molecular weight is 330 g/mol. The number of alkyl halides is 2. The molecule has 0 aromatic carbocycles. The molecule has 0 bridgehead atoms. The highest BCUT2D eigenvalue weighted by molar-refractivity contribution is 5.81. The number of likely N-dealkylation sites (tertiary alicyclic amines) is 2. The number of carbonyl (C=O) groups is 2. The van der Waals surface area contributed by atoms with Crippen LogP contribution in [0.25, 0.3) is 0 Å². The van der Waals surface area contributed by atoms with Gasteiger partial charge in [-0.15, -0.1) is 0 Å². The van der Waals surface area contributed by atoms with Crippen LogP contribution in [0.5, 0.6) is 0 Å². The van der Waals surface area contributed by atoms with Gasteiger partial charge in [0.15, 0.2) is 0 Å². The summed E-state index contributed by atoms with van der Waals surface area (Å²) in [7, 11) is 1.61. The minimum absolute atomic E-state index is 0.140. The second-order valence-corrected chi connectivity index (χ2v) is 7.05. The number of halogens is 2. The molecule has 0 unspecified atom stereocenters. The lowest BCUT2D eigenvalue weighted by atomic mass is 9.79. The first-order valence-electron chi connectivity index (χ1n) is 8.33. The fourth-order valence-corrected chi connectivity index (χ4v) is 4.18. The van der Waals surface area contributed by atoms with Gasteiger partial charge in [-0.25, -0.2) is 8.78 Å². The van der Waals surface area contributed by atoms with E-state index in [4.69, 9.17) is 4.74 Å². The Morgan fingerprint density at radius 1 is 1.26 bits per heavy atom. The lowest BCUT2D eigenvalue weighted by Crippen LogP contribution is -2.56. The third-order valence-electron chi connectivity index (χ3n) is 5.64. The van der Waals surface area contributed by atoms with Crippen LogP contribution >= 0.6 is 0 Å². The topological polar surface area (TPSA) is 49.9 Å². The van der Waals surface area contributed by atoms with Crippen LogP contribution in [-0.4, -0.2) is 66.4 Å². The third-order valence-corrected chi connectivity index (χ3v) is 5.64. The fourth-order valence-electron chi connectivity index (χ4n) is 4.18. The van der Waals surface area contributed by atoms with E-state index in [9.17, 15) is 18.4 Å². The van der Waals surface area contributed by atoms with Gasteiger partial charge in [0.25, 0.3) is 0 Å². The molecule has 0 radical (unpaired) electrons. The summed E-state index contributed by atoms with van der Waals surface area (Å²) in [6, 6.07) is 0. The maximum Gasteiger partial charge on any atom is 0.249 e. The van der Waals surface area contributed by atoms with Crippen molar-refractivity contribution in [3.05, 3.63) is 0 Å². The van der Waals surface area contributed by atoms with E-state index in [1.807, 2.05) is 4.90 Å². The van der Waals surface area contributed by atoms with Crippen LogP contribution < -0.4 is 0 Å². The van der Waals surface area contributed by atoms with Gasteiger partial charge in [0.1, 0.15) is 0 Å². The van der Waals surface area contributed by atoms with E-state index in [1.54, 1.807) is 12.0 Å². The minimum atomic E-state index is -2.66. The zero-order valence-electron chi connectivity index (χ0n) is 13.5. The molecule has 1 aliphatic carbocycles. The van der Waals surface area contributed by atoms with Crippen LogP contribution in [0, 0.1) is 5.92 Å². The van der Waals surface area contributed by atoms with Crippen LogP contribution in [0.15, 0.2) is 0 Å². The maximum absolute atomic E-state index is 12.9. The van der Waals surface area contributed by atoms with Crippen molar-refractivity contribution in [2.45, 2.75) is 50.0 Å². The summed E-state index contributed by atoms with van der Waals surface area (Å²) in [5.74, 6) is -3.17. The summed E-state index contributed by atoms with van der Waals surface area (Å²) in [6.07, 6.45) is 2.21. The number of amides is 2. The Morgan fingerprint density at radius 2 is 1.91 bits per heavy atom. The van der Waals surface area contributed by atoms with E-state index in [1.165, 1.54) is 0 Å². The van der Waals surface area contributed by atoms with Crippen molar-refractivity contribution >= 4 is 11.8 Å². The smallest absolute Gasteiger partial charge is 0.249 e. The molecule has 2 aliphatic heterocycles. The molecule has 23 heavy (non-hydrogen) atoms. The lowest BCUT2D eigenvalue weighted by Gasteiger charge is -2.46. The normalized spacial score (nSPS) is 26.7. The molecule has 2 heterocycles. The van der Waals surface area contributed by atoms with Crippen LogP contribution in [0.3, 0.4) is 0 Å². The molecule has 3 fully saturated rings. The van der Waals surface area contributed by atoms with E-state index in [0.717, 1.165) is 19.3 Å². The molecule has 130 valence electrons. The van der Waals surface area contributed by atoms with E-state index >= 15 is 0 Å². The molecule has 1 saturated carbocycles. The molecule has 5 nitrogen and oxygen atoms in total. The monoisotopic (exact) mass is 330 g/mol. The molecule has 0 atom stereocenters. The van der Waals surface area contributed by atoms with Crippen molar-refractivity contribution in [1.29, 1.82) is 0 Å². The van der Waals surface area contributed by atoms with Gasteiger partial charge in [-0.05, 0) is 19.3 Å². The second-order valence-electron chi connectivity index (χ2n) is 7.05. The third kappa shape index (κ3) is 3.07. The molecule has 2 amide bonds. The first-order chi connectivity index (χ1) is 10.9. The van der Waals surface area contributed by atoms with Crippen LogP contribution in [-0.2, 0) is 14.3 Å². The summed E-state index contributed by atoms with van der Waals surface area (Å²) >= 11 is 0. The highest BCUT2D eigenvalue weighted by Crippen LogP contribution is 2.44. The summed E-state index contributed by atoms with van der Waals surface area (Å²) in [4.78, 5) is 28.0. The zero-order valence-corrected chi connectivity index (χ0v) is 13.5. The van der Waals surface area contributed by atoms with Gasteiger partial charge in [-0.1, -0.05) is 0 Å². The highest BCUT2D eigenvalue weighted by atomic mass is 19.3. The molecule has 0 aromatic heterocycles. The SMILES string of the molecule is COCCN1C(=O)CCC12CCN(C(=O)C1CC(F)(F)C1)CC2. The number of methoxy groups -OCH3 is 1. The first-order valence-corrected chi connectivity index (χ1v) is 8.33. The van der Waals surface area contributed by atoms with Crippen LogP contribution in [0.2, 0.25) is 0 Å². The van der Waals surface area contributed by atoms with Gasteiger partial charge in [-0.3, -0.25) is 9.59 Å². The van der Waals surface area contributed by atoms with Crippen molar-refractivity contribution in [2.24, 2.45) is 5.92 Å². The minimum Gasteiger partial charge on any atom is -0.383 e. The van der Waals surface area contributed by atoms with Gasteiger partial charge >= 0.3 is 0 Å². The molecular weight excluding hydrogens is 306 g/mol. The molecule has 7 heteroatoms. The Morgan fingerprint density at radius 3 is 2.48 bits per heavy atom. The number of nitrogens with zero attached hydrogens (tertiary/aromatic N) is 2. The van der Waals surface area contributed by atoms with Gasteiger partial charge in [0.05, 0.1) is 6.61 Å². The standard InChI is InChI=1S/C16H24F2N2O3/c1-23-9-8-20-13(21)2-3-15(20)4-6-19(7-5-15)14(22)12-10-16(17,18)11-12/h12H,2-11H2,1H3. The number of hydrogen-bond donors (Lipinski definition) is 0. The van der Waals surface area contributed by atoms with Gasteiger partial charge < -0.3 is 14.5 Å². The summed E-state index contributed by atoms with van der Waals surface area (Å²) in [5, 5.41) is 0. The second kappa shape index (κ2) is 6.00. The van der Waals surface area contributed by atoms with Crippen molar-refractivity contribution in [3.8, 4) is 0 Å². The number of hydrogen-bond acceptors (Lipinski definition) is 3. The number of piperidine rings is 1. The molecule has 2 saturated heterocycles. The predicted octanol–water partition coefficient (Wildman–Crippen LogP) is 1.66. The van der Waals surface area contributed by atoms with Gasteiger partial charge in [0.2, 0.25) is 17.7 Å². The lowest BCUT2D eigenvalue weighted by molar-refractivity contribution is -0.162. The first kappa shape index (κ1) is 16.6. The van der Waals surface area contributed by atoms with E-state index in [2.05, 4.69) is 0 Å². The molecule has 0 aromatic rings. The number of rotatable bonds is 4. The quantitative estimate of drug-likeness (QED) is 0.788. The Balaban J connectivity index is 1.57. The molecule has 3 rings (SSSR count). The summed E-state index contributed by atoms with van der Waals surface area (Å²) < 4.78 is 31.0. The van der Waals surface area contributed by atoms with E-state index in [-0.39, 0.29) is 30.2 Å². The number of ether oxygens (including phenoxy) is 1. The zero-order chi connectivity index (χ0) is 16.7. The molecule has 3 aliphatic rings. The highest BCUT2D eigenvalue weighted by Gasteiger charge is 2.52. The van der Waals surface area contributed by atoms with Gasteiger partial charge in [0, 0.05) is 57.5 Å². The Hall–Kier alpha value is -1.24. The maximum atomic E-state index is 12.9. The van der Waals surface area contributed by atoms with Crippen molar-refractivity contribution < 1.29 is 23.1 Å². The predicted molar refractivity (Wildman–Crippen MR) is 79.0 cm³/mol. The molecule has 0 N–H and O–H groups in total.